The van der Waals surface area contributed by atoms with Gasteiger partial charge in [-0.05, 0) is 61.4 Å². The van der Waals surface area contributed by atoms with Crippen LogP contribution in [0, 0.1) is 0 Å². The van der Waals surface area contributed by atoms with Gasteiger partial charge in [0.2, 0.25) is 11.8 Å². The van der Waals surface area contributed by atoms with Gasteiger partial charge in [0, 0.05) is 27.9 Å². The van der Waals surface area contributed by atoms with Crippen LogP contribution in [0.15, 0.2) is 150 Å². The van der Waals surface area contributed by atoms with Crippen LogP contribution in [-0.2, 0) is 20.4 Å². The third-order valence-corrected chi connectivity index (χ3v) is 10.5. The summed E-state index contributed by atoms with van der Waals surface area (Å²) in [4.78, 5) is 31.1. The molecule has 5 nitrogen and oxygen atoms in total. The van der Waals surface area contributed by atoms with E-state index in [2.05, 4.69) is 59.2 Å². The predicted molar refractivity (Wildman–Crippen MR) is 188 cm³/mol. The summed E-state index contributed by atoms with van der Waals surface area (Å²) in [5.74, 6) is -0.521. The summed E-state index contributed by atoms with van der Waals surface area (Å²) in [6.07, 6.45) is 0. The molecule has 1 aliphatic heterocycles. The Balaban J connectivity index is 1.26. The average molecular weight is 611 g/mol. The number of aromatic nitrogens is 1. The Bertz CT molecular complexity index is 2430. The lowest BCUT2D eigenvalue weighted by Crippen LogP contribution is -2.47. The Kier molecular flexibility index (Phi) is 5.70. The number of furan rings is 1. The van der Waals surface area contributed by atoms with Crippen molar-refractivity contribution >= 4 is 61.2 Å². The molecule has 0 spiro atoms. The zero-order valence-electron chi connectivity index (χ0n) is 26.0. The van der Waals surface area contributed by atoms with Crippen LogP contribution >= 0.6 is 0 Å². The number of hydrogen-bond acceptors (Lipinski definition) is 3. The fourth-order valence-electron chi connectivity index (χ4n) is 7.88. The molecule has 6 aromatic carbocycles. The minimum absolute atomic E-state index is 0.260. The maximum absolute atomic E-state index is 14.9. The van der Waals surface area contributed by atoms with Crippen LogP contribution in [0.1, 0.15) is 25.0 Å². The normalized spacial score (nSPS) is 19.9. The second-order valence-electron chi connectivity index (χ2n) is 12.7. The zero-order valence-corrected chi connectivity index (χ0v) is 26.0. The summed E-state index contributed by atoms with van der Waals surface area (Å²) in [5.41, 5.74) is 4.31. The van der Waals surface area contributed by atoms with Crippen molar-refractivity contribution in [2.24, 2.45) is 0 Å². The summed E-state index contributed by atoms with van der Waals surface area (Å²) in [5, 5.41) is 3.95. The number of carbonyl (C=O) groups excluding carboxylic acids is 2. The van der Waals surface area contributed by atoms with Crippen molar-refractivity contribution in [1.82, 2.24) is 4.57 Å². The molecule has 0 aliphatic carbocycles. The van der Waals surface area contributed by atoms with E-state index in [0.717, 1.165) is 38.6 Å². The van der Waals surface area contributed by atoms with Gasteiger partial charge in [-0.3, -0.25) is 9.59 Å². The van der Waals surface area contributed by atoms with E-state index in [1.54, 1.807) is 0 Å². The zero-order chi connectivity index (χ0) is 31.9. The Morgan fingerprint density at radius 2 is 1.04 bits per heavy atom. The van der Waals surface area contributed by atoms with Crippen molar-refractivity contribution in [3.8, 4) is 5.69 Å². The third kappa shape index (κ3) is 3.54. The van der Waals surface area contributed by atoms with Crippen LogP contribution in [0.4, 0.5) is 5.69 Å². The number of rotatable bonds is 4. The van der Waals surface area contributed by atoms with Crippen LogP contribution in [0.3, 0.4) is 0 Å². The van der Waals surface area contributed by atoms with E-state index < -0.39 is 10.8 Å². The largest absolute Gasteiger partial charge is 0.456 e. The molecule has 5 heteroatoms. The maximum atomic E-state index is 14.9. The molecule has 0 bridgehead atoms. The summed E-state index contributed by atoms with van der Waals surface area (Å²) in [6, 6.07) is 47.9. The van der Waals surface area contributed by atoms with Gasteiger partial charge in [-0.2, -0.15) is 0 Å². The van der Waals surface area contributed by atoms with Gasteiger partial charge >= 0.3 is 0 Å². The van der Waals surface area contributed by atoms with Crippen LogP contribution < -0.4 is 4.90 Å². The van der Waals surface area contributed by atoms with Crippen LogP contribution in [0.5, 0.6) is 0 Å². The molecule has 2 unspecified atom stereocenters. The van der Waals surface area contributed by atoms with Gasteiger partial charge in [0.15, 0.2) is 0 Å². The van der Waals surface area contributed by atoms with Crippen LogP contribution in [0.2, 0.25) is 0 Å². The predicted octanol–water partition coefficient (Wildman–Crippen LogP) is 9.47. The summed E-state index contributed by atoms with van der Waals surface area (Å²) >= 11 is 0. The molecule has 1 aliphatic rings. The smallest absolute Gasteiger partial charge is 0.245 e. The van der Waals surface area contributed by atoms with Crippen molar-refractivity contribution in [1.29, 1.82) is 0 Å². The molecule has 9 rings (SSSR count). The second kappa shape index (κ2) is 9.78. The molecule has 3 heterocycles. The summed E-state index contributed by atoms with van der Waals surface area (Å²) in [7, 11) is 0. The lowest BCUT2D eigenvalue weighted by Gasteiger charge is -2.37. The first-order valence-corrected chi connectivity index (χ1v) is 15.9. The van der Waals surface area contributed by atoms with Crippen molar-refractivity contribution < 1.29 is 14.0 Å². The van der Waals surface area contributed by atoms with Crippen molar-refractivity contribution in [2.75, 3.05) is 4.90 Å². The molecule has 1 saturated heterocycles. The highest BCUT2D eigenvalue weighted by Crippen LogP contribution is 2.53. The Morgan fingerprint density at radius 1 is 0.511 bits per heavy atom. The van der Waals surface area contributed by atoms with Crippen LogP contribution in [-0.4, -0.2) is 16.4 Å². The lowest BCUT2D eigenvalue weighted by atomic mass is 9.60. The number of para-hydroxylation sites is 2. The number of carbonyl (C=O) groups is 2. The van der Waals surface area contributed by atoms with Gasteiger partial charge < -0.3 is 8.98 Å². The van der Waals surface area contributed by atoms with Crippen molar-refractivity contribution in [3.63, 3.8) is 0 Å². The molecule has 226 valence electrons. The van der Waals surface area contributed by atoms with Gasteiger partial charge in [-0.1, -0.05) is 103 Å². The number of amides is 2. The average Bonchev–Trinajstić information content (AvgIpc) is 3.71. The quantitative estimate of drug-likeness (QED) is 0.187. The fraction of sp³-hybridized carbons (Fsp3) is 0.0952. The SMILES string of the molecule is CC1(c2ccccc2)C(=O)N(c2cccc3oc4cc(-n5c6ccccc6c6ccccc65)ccc4c23)C(=O)C1(C)c1ccccc1. The minimum atomic E-state index is -1.15. The molecular weight excluding hydrogens is 580 g/mol. The molecular formula is C42H30N2O3. The number of imide groups is 1. The Labute approximate surface area is 271 Å². The lowest BCUT2D eigenvalue weighted by molar-refractivity contribution is -0.122. The van der Waals surface area contributed by atoms with E-state index in [4.69, 9.17) is 4.42 Å². The first-order chi connectivity index (χ1) is 22.9. The van der Waals surface area contributed by atoms with Crippen molar-refractivity contribution in [3.05, 3.63) is 157 Å². The molecule has 0 radical (unpaired) electrons. The first kappa shape index (κ1) is 27.4. The minimum Gasteiger partial charge on any atom is -0.456 e. The van der Waals surface area contributed by atoms with E-state index in [1.165, 1.54) is 15.7 Å². The molecule has 0 saturated carbocycles. The highest BCUT2D eigenvalue weighted by atomic mass is 16.3. The highest BCUT2D eigenvalue weighted by molar-refractivity contribution is 6.32. The molecule has 2 aromatic heterocycles. The molecule has 0 N–H and O–H groups in total. The standard InChI is InChI=1S/C42H30N2O3/c1-41(27-14-5-3-6-15-27)39(45)44(40(46)42(41,2)28-16-7-4-8-17-28)35-22-13-23-36-38(35)32-25-24-29(26-37(32)47-36)43-33-20-11-9-18-30(33)31-19-10-12-21-34(31)43/h3-26H,1-2H3. The van der Waals surface area contributed by atoms with Crippen molar-refractivity contribution in [2.45, 2.75) is 24.7 Å². The van der Waals surface area contributed by atoms with Gasteiger partial charge in [0.1, 0.15) is 11.2 Å². The molecule has 47 heavy (non-hydrogen) atoms. The fourth-order valence-corrected chi connectivity index (χ4v) is 7.88. The van der Waals surface area contributed by atoms with Gasteiger partial charge in [-0.25, -0.2) is 4.90 Å². The van der Waals surface area contributed by atoms with Gasteiger partial charge in [0.05, 0.1) is 32.9 Å². The van der Waals surface area contributed by atoms with Crippen LogP contribution in [0.25, 0.3) is 49.4 Å². The number of benzene rings is 6. The monoisotopic (exact) mass is 610 g/mol. The van der Waals surface area contributed by atoms with E-state index in [9.17, 15) is 9.59 Å². The second-order valence-corrected chi connectivity index (χ2v) is 12.7. The van der Waals surface area contributed by atoms with E-state index in [1.807, 2.05) is 105 Å². The van der Waals surface area contributed by atoms with E-state index >= 15 is 0 Å². The number of hydrogen-bond donors (Lipinski definition) is 0. The molecule has 1 fully saturated rings. The molecule has 2 atom stereocenters. The highest BCUT2D eigenvalue weighted by Gasteiger charge is 2.66. The number of nitrogens with zero attached hydrogens (tertiary/aromatic N) is 2. The molecule has 2 amide bonds. The van der Waals surface area contributed by atoms with E-state index in [-0.39, 0.29) is 11.8 Å². The Morgan fingerprint density at radius 3 is 1.62 bits per heavy atom. The van der Waals surface area contributed by atoms with E-state index in [0.29, 0.717) is 16.9 Å². The topological polar surface area (TPSA) is 55.5 Å². The number of anilines is 1. The van der Waals surface area contributed by atoms with Gasteiger partial charge in [-0.15, -0.1) is 0 Å². The van der Waals surface area contributed by atoms with Gasteiger partial charge in [0.25, 0.3) is 0 Å². The maximum Gasteiger partial charge on any atom is 0.245 e. The third-order valence-electron chi connectivity index (χ3n) is 10.5. The Hall–Kier alpha value is -5.94. The first-order valence-electron chi connectivity index (χ1n) is 15.9. The number of fused-ring (bicyclic) bond motifs is 6. The molecule has 8 aromatic rings. The summed E-state index contributed by atoms with van der Waals surface area (Å²) < 4.78 is 8.75. The summed E-state index contributed by atoms with van der Waals surface area (Å²) in [6.45, 7) is 3.81.